The maximum atomic E-state index is 12.8. The van der Waals surface area contributed by atoms with Gasteiger partial charge in [-0.15, -0.1) is 11.3 Å². The van der Waals surface area contributed by atoms with Crippen molar-refractivity contribution >= 4 is 28.8 Å². The normalized spacial score (nSPS) is 20.2. The molecule has 0 bridgehead atoms. The summed E-state index contributed by atoms with van der Waals surface area (Å²) in [6.45, 7) is 5.63. The molecule has 0 radical (unpaired) electrons. The van der Waals surface area contributed by atoms with E-state index < -0.39 is 0 Å². The number of nitrogens with zero attached hydrogens (tertiary/aromatic N) is 3. The molecule has 0 N–H and O–H groups in total. The summed E-state index contributed by atoms with van der Waals surface area (Å²) in [5, 5.41) is 3.82. The molecule has 2 aliphatic heterocycles. The highest BCUT2D eigenvalue weighted by molar-refractivity contribution is 7.09. The summed E-state index contributed by atoms with van der Waals surface area (Å²) >= 11 is 8.12. The largest absolute Gasteiger partial charge is 0.454 e. The summed E-state index contributed by atoms with van der Waals surface area (Å²) in [5.74, 6) is 1.53. The number of aromatic nitrogens is 1. The minimum absolute atomic E-state index is 0.173. The molecule has 1 fully saturated rings. The van der Waals surface area contributed by atoms with Crippen molar-refractivity contribution in [1.29, 1.82) is 0 Å². The van der Waals surface area contributed by atoms with Crippen LogP contribution in [0, 0.1) is 6.92 Å². The molecule has 0 aliphatic carbocycles. The van der Waals surface area contributed by atoms with Gasteiger partial charge in [-0.05, 0) is 45.4 Å². The number of hydrogen-bond donors (Lipinski definition) is 0. The average Bonchev–Trinajstić information content (AvgIpc) is 3.29. The van der Waals surface area contributed by atoms with Crippen LogP contribution in [0.4, 0.5) is 0 Å². The molecular formula is C21H26ClN3O3S. The number of carbonyl (C=O) groups excluding carboxylic acids is 1. The van der Waals surface area contributed by atoms with Gasteiger partial charge in [0.2, 0.25) is 12.7 Å². The Labute approximate surface area is 180 Å². The molecule has 29 heavy (non-hydrogen) atoms. The first kappa shape index (κ1) is 20.4. The molecule has 0 saturated carbocycles. The molecule has 0 spiro atoms. The molecule has 1 aromatic heterocycles. The Balaban J connectivity index is 1.42. The highest BCUT2D eigenvalue weighted by Gasteiger charge is 2.29. The Bertz CT molecular complexity index is 903. The lowest BCUT2D eigenvalue weighted by Crippen LogP contribution is -2.35. The number of halogens is 1. The van der Waals surface area contributed by atoms with E-state index in [-0.39, 0.29) is 18.7 Å². The van der Waals surface area contributed by atoms with Gasteiger partial charge in [0.25, 0.3) is 0 Å². The third-order valence-corrected chi connectivity index (χ3v) is 7.34. The van der Waals surface area contributed by atoms with Crippen molar-refractivity contribution in [3.05, 3.63) is 38.8 Å². The van der Waals surface area contributed by atoms with Gasteiger partial charge in [-0.3, -0.25) is 9.69 Å². The molecule has 1 amide bonds. The third kappa shape index (κ3) is 4.37. The summed E-state index contributed by atoms with van der Waals surface area (Å²) in [6.07, 6.45) is 2.33. The van der Waals surface area contributed by atoms with Gasteiger partial charge in [0.1, 0.15) is 5.01 Å². The molecule has 1 aromatic carbocycles. The summed E-state index contributed by atoms with van der Waals surface area (Å²) in [5.41, 5.74) is 1.95. The number of thiazole rings is 1. The molecule has 4 rings (SSSR count). The number of carbonyl (C=O) groups is 1. The van der Waals surface area contributed by atoms with E-state index in [4.69, 9.17) is 21.1 Å². The Morgan fingerprint density at radius 1 is 1.34 bits per heavy atom. The number of aryl methyl sites for hydroxylation is 1. The Morgan fingerprint density at radius 2 is 2.10 bits per heavy atom. The molecular weight excluding hydrogens is 410 g/mol. The zero-order valence-corrected chi connectivity index (χ0v) is 18.6. The minimum atomic E-state index is 0.173. The van der Waals surface area contributed by atoms with Gasteiger partial charge >= 0.3 is 0 Å². The molecule has 2 aliphatic rings. The quantitative estimate of drug-likeness (QED) is 0.696. The third-order valence-electron chi connectivity index (χ3n) is 5.86. The molecule has 2 atom stereocenters. The van der Waals surface area contributed by atoms with Crippen molar-refractivity contribution in [2.24, 2.45) is 0 Å². The predicted octanol–water partition coefficient (Wildman–Crippen LogP) is 4.41. The number of likely N-dealkylation sites (tertiary alicyclic amines) is 1. The molecule has 8 heteroatoms. The first-order chi connectivity index (χ1) is 13.9. The second-order valence-electron chi connectivity index (χ2n) is 7.76. The van der Waals surface area contributed by atoms with Crippen LogP contribution in [0.25, 0.3) is 0 Å². The highest BCUT2D eigenvalue weighted by Crippen LogP contribution is 2.37. The van der Waals surface area contributed by atoms with E-state index in [9.17, 15) is 4.79 Å². The monoisotopic (exact) mass is 435 g/mol. The van der Waals surface area contributed by atoms with Crippen LogP contribution in [-0.2, 0) is 11.3 Å². The van der Waals surface area contributed by atoms with Gasteiger partial charge in [-0.2, -0.15) is 0 Å². The molecule has 156 valence electrons. The van der Waals surface area contributed by atoms with Crippen molar-refractivity contribution in [1.82, 2.24) is 14.8 Å². The van der Waals surface area contributed by atoms with Crippen LogP contribution in [0.3, 0.4) is 0 Å². The van der Waals surface area contributed by atoms with Gasteiger partial charge in [0, 0.05) is 47.7 Å². The molecule has 2 unspecified atom stereocenters. The average molecular weight is 436 g/mol. The Hall–Kier alpha value is -1.83. The number of rotatable bonds is 5. The van der Waals surface area contributed by atoms with E-state index in [2.05, 4.69) is 29.2 Å². The van der Waals surface area contributed by atoms with E-state index in [0.717, 1.165) is 29.1 Å². The first-order valence-electron chi connectivity index (χ1n) is 9.92. The van der Waals surface area contributed by atoms with Gasteiger partial charge < -0.3 is 14.4 Å². The van der Waals surface area contributed by atoms with Gasteiger partial charge in [-0.1, -0.05) is 11.6 Å². The van der Waals surface area contributed by atoms with Crippen LogP contribution in [0.15, 0.2) is 17.5 Å². The van der Waals surface area contributed by atoms with Crippen LogP contribution < -0.4 is 9.47 Å². The molecule has 2 aromatic rings. The minimum Gasteiger partial charge on any atom is -0.454 e. The van der Waals surface area contributed by atoms with E-state index in [1.165, 1.54) is 0 Å². The number of ether oxygens (including phenoxy) is 2. The zero-order chi connectivity index (χ0) is 20.5. The van der Waals surface area contributed by atoms with Crippen molar-refractivity contribution in [2.75, 3.05) is 20.4 Å². The standard InChI is InChI=1S/C21H26ClN3O3S/c1-13-11-29-21(23-13)14(2)24(3)16-4-5-20(26)25(7-6-16)10-15-8-18-19(9-17(15)22)28-12-27-18/h8-9,11,14,16H,4-7,10,12H2,1-3H3. The van der Waals surface area contributed by atoms with E-state index in [0.29, 0.717) is 42.1 Å². The zero-order valence-electron chi connectivity index (χ0n) is 17.0. The number of hydrogen-bond acceptors (Lipinski definition) is 6. The van der Waals surface area contributed by atoms with E-state index in [1.54, 1.807) is 17.4 Å². The fourth-order valence-electron chi connectivity index (χ4n) is 3.94. The first-order valence-corrected chi connectivity index (χ1v) is 11.2. The second-order valence-corrected chi connectivity index (χ2v) is 9.06. The second kappa shape index (κ2) is 8.50. The lowest BCUT2D eigenvalue weighted by Gasteiger charge is -2.31. The predicted molar refractivity (Wildman–Crippen MR) is 114 cm³/mol. The van der Waals surface area contributed by atoms with E-state index >= 15 is 0 Å². The molecule has 6 nitrogen and oxygen atoms in total. The lowest BCUT2D eigenvalue weighted by molar-refractivity contribution is -0.131. The molecule has 1 saturated heterocycles. The van der Waals surface area contributed by atoms with Crippen molar-refractivity contribution in [3.8, 4) is 11.5 Å². The van der Waals surface area contributed by atoms with E-state index in [1.807, 2.05) is 17.9 Å². The number of benzene rings is 1. The number of fused-ring (bicyclic) bond motifs is 1. The van der Waals surface area contributed by atoms with Crippen LogP contribution >= 0.6 is 22.9 Å². The lowest BCUT2D eigenvalue weighted by atomic mass is 10.1. The van der Waals surface area contributed by atoms with Crippen molar-refractivity contribution in [3.63, 3.8) is 0 Å². The van der Waals surface area contributed by atoms with Crippen LogP contribution in [0.1, 0.15) is 48.5 Å². The smallest absolute Gasteiger partial charge is 0.231 e. The fourth-order valence-corrected chi connectivity index (χ4v) is 5.05. The summed E-state index contributed by atoms with van der Waals surface area (Å²) in [6, 6.07) is 4.24. The maximum absolute atomic E-state index is 12.8. The summed E-state index contributed by atoms with van der Waals surface area (Å²) in [4.78, 5) is 21.7. The molecule has 3 heterocycles. The fraction of sp³-hybridized carbons (Fsp3) is 0.524. The topological polar surface area (TPSA) is 54.9 Å². The Kier molecular flexibility index (Phi) is 5.99. The van der Waals surface area contributed by atoms with Crippen molar-refractivity contribution in [2.45, 2.75) is 51.7 Å². The highest BCUT2D eigenvalue weighted by atomic mass is 35.5. The maximum Gasteiger partial charge on any atom is 0.231 e. The van der Waals surface area contributed by atoms with Crippen molar-refractivity contribution < 1.29 is 14.3 Å². The summed E-state index contributed by atoms with van der Waals surface area (Å²) in [7, 11) is 2.14. The SMILES string of the molecule is Cc1csc(C(C)N(C)C2CCC(=O)N(Cc3cc4c(cc3Cl)OCO4)CC2)n1. The van der Waals surface area contributed by atoms with Gasteiger partial charge in [-0.25, -0.2) is 4.98 Å². The number of amides is 1. The van der Waals surface area contributed by atoms with Gasteiger partial charge in [0.05, 0.1) is 6.04 Å². The van der Waals surface area contributed by atoms with Crippen LogP contribution in [0.2, 0.25) is 5.02 Å². The summed E-state index contributed by atoms with van der Waals surface area (Å²) < 4.78 is 10.8. The Morgan fingerprint density at radius 3 is 2.83 bits per heavy atom. The van der Waals surface area contributed by atoms with Crippen LogP contribution in [0.5, 0.6) is 11.5 Å². The van der Waals surface area contributed by atoms with Gasteiger partial charge in [0.15, 0.2) is 11.5 Å². The van der Waals surface area contributed by atoms with Crippen LogP contribution in [-0.4, -0.2) is 47.1 Å².